The van der Waals surface area contributed by atoms with E-state index in [1.54, 1.807) is 0 Å². The van der Waals surface area contributed by atoms with Gasteiger partial charge in [-0.3, -0.25) is 11.3 Å². The lowest BCUT2D eigenvalue weighted by Crippen LogP contribution is -2.32. The highest BCUT2D eigenvalue weighted by molar-refractivity contribution is 9.10. The quantitative estimate of drug-likeness (QED) is 0.653. The molecule has 1 aliphatic rings. The standard InChI is InChI=1S/C12H17BrN2/c13-11-7-3-6-10(8-11)12(15-14)9-4-1-2-5-9/h3,6-9,12,15H,1-2,4-5,14H2. The number of hydrogen-bond acceptors (Lipinski definition) is 2. The van der Waals surface area contributed by atoms with Crippen LogP contribution in [0.15, 0.2) is 28.7 Å². The first-order chi connectivity index (χ1) is 7.31. The van der Waals surface area contributed by atoms with Gasteiger partial charge in [-0.05, 0) is 36.5 Å². The number of nitrogens with two attached hydrogens (primary N) is 1. The molecule has 0 aliphatic heterocycles. The second-order valence-electron chi connectivity index (χ2n) is 4.24. The Hall–Kier alpha value is -0.380. The fourth-order valence-electron chi connectivity index (χ4n) is 2.50. The van der Waals surface area contributed by atoms with Crippen molar-refractivity contribution in [1.82, 2.24) is 5.43 Å². The highest BCUT2D eigenvalue weighted by Crippen LogP contribution is 2.35. The third kappa shape index (κ3) is 2.60. The summed E-state index contributed by atoms with van der Waals surface area (Å²) in [6, 6.07) is 8.73. The Morgan fingerprint density at radius 3 is 2.67 bits per heavy atom. The number of benzene rings is 1. The van der Waals surface area contributed by atoms with Crippen LogP contribution >= 0.6 is 15.9 Å². The van der Waals surface area contributed by atoms with Crippen LogP contribution in [-0.4, -0.2) is 0 Å². The molecule has 0 aromatic heterocycles. The van der Waals surface area contributed by atoms with Crippen LogP contribution in [0.5, 0.6) is 0 Å². The van der Waals surface area contributed by atoms with Crippen LogP contribution in [0.4, 0.5) is 0 Å². The highest BCUT2D eigenvalue weighted by Gasteiger charge is 2.25. The van der Waals surface area contributed by atoms with Crippen molar-refractivity contribution in [3.63, 3.8) is 0 Å². The predicted molar refractivity (Wildman–Crippen MR) is 66.2 cm³/mol. The molecule has 3 heteroatoms. The molecule has 2 nitrogen and oxygen atoms in total. The summed E-state index contributed by atoms with van der Waals surface area (Å²) >= 11 is 3.50. The van der Waals surface area contributed by atoms with E-state index < -0.39 is 0 Å². The molecule has 1 saturated carbocycles. The Kier molecular flexibility index (Phi) is 3.78. The van der Waals surface area contributed by atoms with Crippen LogP contribution in [0.2, 0.25) is 0 Å². The van der Waals surface area contributed by atoms with Gasteiger partial charge in [0.15, 0.2) is 0 Å². The van der Waals surface area contributed by atoms with Gasteiger partial charge in [0.25, 0.3) is 0 Å². The Bertz CT molecular complexity index is 321. The largest absolute Gasteiger partial charge is 0.271 e. The van der Waals surface area contributed by atoms with Crippen LogP contribution in [0, 0.1) is 5.92 Å². The predicted octanol–water partition coefficient (Wildman–Crippen LogP) is 3.14. The van der Waals surface area contributed by atoms with Gasteiger partial charge in [-0.1, -0.05) is 40.9 Å². The first-order valence-corrected chi connectivity index (χ1v) is 6.32. The van der Waals surface area contributed by atoms with Gasteiger partial charge >= 0.3 is 0 Å². The van der Waals surface area contributed by atoms with Crippen LogP contribution in [0.3, 0.4) is 0 Å². The zero-order chi connectivity index (χ0) is 10.7. The number of hydrazine groups is 1. The van der Waals surface area contributed by atoms with E-state index in [0.29, 0.717) is 12.0 Å². The van der Waals surface area contributed by atoms with E-state index in [2.05, 4.69) is 39.6 Å². The first kappa shape index (κ1) is 11.1. The van der Waals surface area contributed by atoms with Gasteiger partial charge in [-0.25, -0.2) is 0 Å². The molecule has 1 aliphatic carbocycles. The van der Waals surface area contributed by atoms with E-state index in [0.717, 1.165) is 4.47 Å². The summed E-state index contributed by atoms with van der Waals surface area (Å²) in [5.41, 5.74) is 4.26. The maximum absolute atomic E-state index is 5.67. The number of halogens is 1. The highest BCUT2D eigenvalue weighted by atomic mass is 79.9. The minimum atomic E-state index is 0.310. The van der Waals surface area contributed by atoms with Crippen molar-refractivity contribution in [3.05, 3.63) is 34.3 Å². The monoisotopic (exact) mass is 268 g/mol. The molecule has 1 atom stereocenters. The van der Waals surface area contributed by atoms with E-state index in [1.807, 2.05) is 6.07 Å². The van der Waals surface area contributed by atoms with Gasteiger partial charge in [0.2, 0.25) is 0 Å². The number of nitrogens with one attached hydrogen (secondary N) is 1. The number of hydrogen-bond donors (Lipinski definition) is 2. The first-order valence-electron chi connectivity index (χ1n) is 5.53. The van der Waals surface area contributed by atoms with E-state index in [1.165, 1.54) is 31.2 Å². The van der Waals surface area contributed by atoms with Crippen molar-refractivity contribution >= 4 is 15.9 Å². The molecule has 1 fully saturated rings. The maximum Gasteiger partial charge on any atom is 0.0488 e. The average molecular weight is 269 g/mol. The van der Waals surface area contributed by atoms with Crippen LogP contribution in [0.25, 0.3) is 0 Å². The van der Waals surface area contributed by atoms with Gasteiger partial charge in [-0.15, -0.1) is 0 Å². The topological polar surface area (TPSA) is 38.0 Å². The Labute approximate surface area is 99.3 Å². The van der Waals surface area contributed by atoms with Crippen molar-refractivity contribution in [2.24, 2.45) is 11.8 Å². The summed E-state index contributed by atoms with van der Waals surface area (Å²) in [5, 5.41) is 0. The van der Waals surface area contributed by atoms with Gasteiger partial charge in [0.1, 0.15) is 0 Å². The third-order valence-electron chi connectivity index (χ3n) is 3.26. The summed E-state index contributed by atoms with van der Waals surface area (Å²) in [4.78, 5) is 0. The maximum atomic E-state index is 5.67. The lowest BCUT2D eigenvalue weighted by Gasteiger charge is -2.23. The summed E-state index contributed by atoms with van der Waals surface area (Å²) in [6.45, 7) is 0. The van der Waals surface area contributed by atoms with Gasteiger partial charge in [-0.2, -0.15) is 0 Å². The molecule has 0 spiro atoms. The molecule has 1 unspecified atom stereocenters. The molecule has 3 N–H and O–H groups in total. The molecule has 0 heterocycles. The van der Waals surface area contributed by atoms with E-state index in [4.69, 9.17) is 5.84 Å². The molecule has 0 bridgehead atoms. The van der Waals surface area contributed by atoms with Crippen LogP contribution < -0.4 is 11.3 Å². The Morgan fingerprint density at radius 1 is 1.33 bits per heavy atom. The molecule has 2 rings (SSSR count). The summed E-state index contributed by atoms with van der Waals surface area (Å²) in [6.07, 6.45) is 5.27. The minimum absolute atomic E-state index is 0.310. The van der Waals surface area contributed by atoms with E-state index in [-0.39, 0.29) is 0 Å². The normalized spacial score (nSPS) is 19.3. The molecule has 0 saturated heterocycles. The number of rotatable bonds is 3. The molecule has 0 amide bonds. The smallest absolute Gasteiger partial charge is 0.0488 e. The van der Waals surface area contributed by atoms with Crippen molar-refractivity contribution in [1.29, 1.82) is 0 Å². The fraction of sp³-hybridized carbons (Fsp3) is 0.500. The van der Waals surface area contributed by atoms with Crippen molar-refractivity contribution < 1.29 is 0 Å². The fourth-order valence-corrected chi connectivity index (χ4v) is 2.91. The van der Waals surface area contributed by atoms with E-state index in [9.17, 15) is 0 Å². The molecule has 1 aromatic carbocycles. The van der Waals surface area contributed by atoms with Crippen molar-refractivity contribution in [2.75, 3.05) is 0 Å². The lowest BCUT2D eigenvalue weighted by molar-refractivity contribution is 0.373. The molecular formula is C12H17BrN2. The van der Waals surface area contributed by atoms with Gasteiger partial charge in [0, 0.05) is 10.5 Å². The van der Waals surface area contributed by atoms with Gasteiger partial charge in [0.05, 0.1) is 0 Å². The van der Waals surface area contributed by atoms with Gasteiger partial charge < -0.3 is 0 Å². The minimum Gasteiger partial charge on any atom is -0.271 e. The van der Waals surface area contributed by atoms with Crippen LogP contribution in [0.1, 0.15) is 37.3 Å². The summed E-state index contributed by atoms with van der Waals surface area (Å²) in [5.74, 6) is 6.37. The van der Waals surface area contributed by atoms with Crippen molar-refractivity contribution in [3.8, 4) is 0 Å². The average Bonchev–Trinajstić information content (AvgIpc) is 2.72. The zero-order valence-electron chi connectivity index (χ0n) is 8.75. The Morgan fingerprint density at radius 2 is 2.07 bits per heavy atom. The molecule has 82 valence electrons. The summed E-state index contributed by atoms with van der Waals surface area (Å²) in [7, 11) is 0. The SMILES string of the molecule is NNC(c1cccc(Br)c1)C1CCCC1. The third-order valence-corrected chi connectivity index (χ3v) is 3.75. The Balaban J connectivity index is 2.18. The second-order valence-corrected chi connectivity index (χ2v) is 5.16. The van der Waals surface area contributed by atoms with Crippen LogP contribution in [-0.2, 0) is 0 Å². The second kappa shape index (κ2) is 5.10. The molecule has 15 heavy (non-hydrogen) atoms. The molecule has 0 radical (unpaired) electrons. The van der Waals surface area contributed by atoms with E-state index >= 15 is 0 Å². The summed E-state index contributed by atoms with van der Waals surface area (Å²) < 4.78 is 1.12. The van der Waals surface area contributed by atoms with Crippen molar-refractivity contribution in [2.45, 2.75) is 31.7 Å². The lowest BCUT2D eigenvalue weighted by atomic mass is 9.92. The molecular weight excluding hydrogens is 252 g/mol. The molecule has 1 aromatic rings. The zero-order valence-corrected chi connectivity index (χ0v) is 10.3.